The van der Waals surface area contributed by atoms with Crippen molar-refractivity contribution < 1.29 is 19.7 Å². The summed E-state index contributed by atoms with van der Waals surface area (Å²) in [6, 6.07) is 6.27. The molecule has 0 aliphatic heterocycles. The predicted molar refractivity (Wildman–Crippen MR) is 109 cm³/mol. The SMILES string of the molecule is CNCc1cc2cc3c(cc2n1C)CCCCc1c-3[nH]c(=O)c(OC(=O)O)c1O. The van der Waals surface area contributed by atoms with Gasteiger partial charge in [0, 0.05) is 41.3 Å². The average Bonchev–Trinajstić information content (AvgIpc) is 2.96. The second-order valence-corrected chi connectivity index (χ2v) is 7.35. The molecule has 0 spiro atoms. The van der Waals surface area contributed by atoms with Crippen LogP contribution in [0.25, 0.3) is 22.2 Å². The quantitative estimate of drug-likeness (QED) is 0.505. The summed E-state index contributed by atoms with van der Waals surface area (Å²) in [6.45, 7) is 0.736. The number of aromatic nitrogens is 2. The Bertz CT molecular complexity index is 1180. The van der Waals surface area contributed by atoms with Gasteiger partial charge in [-0.25, -0.2) is 4.79 Å². The van der Waals surface area contributed by atoms with Gasteiger partial charge in [0.05, 0.1) is 5.69 Å². The number of carbonyl (C=O) groups is 1. The van der Waals surface area contributed by atoms with Crippen LogP contribution in [0.5, 0.6) is 11.5 Å². The van der Waals surface area contributed by atoms with Crippen LogP contribution in [0.2, 0.25) is 0 Å². The highest BCUT2D eigenvalue weighted by molar-refractivity contribution is 5.89. The molecule has 0 bridgehead atoms. The van der Waals surface area contributed by atoms with Gasteiger partial charge in [0.15, 0.2) is 5.75 Å². The van der Waals surface area contributed by atoms with Crippen LogP contribution in [-0.2, 0) is 26.4 Å². The lowest BCUT2D eigenvalue weighted by atomic mass is 9.89. The predicted octanol–water partition coefficient (Wildman–Crippen LogP) is 2.89. The molecule has 2 heterocycles. The number of aromatic hydroxyl groups is 1. The average molecular weight is 397 g/mol. The maximum absolute atomic E-state index is 12.4. The minimum Gasteiger partial charge on any atom is -0.504 e. The number of H-pyrrole nitrogens is 1. The van der Waals surface area contributed by atoms with Crippen molar-refractivity contribution in [1.29, 1.82) is 0 Å². The summed E-state index contributed by atoms with van der Waals surface area (Å²) in [5, 5.41) is 23.7. The number of hydrogen-bond acceptors (Lipinski definition) is 5. The van der Waals surface area contributed by atoms with E-state index in [2.05, 4.69) is 31.7 Å². The van der Waals surface area contributed by atoms with E-state index in [-0.39, 0.29) is 0 Å². The van der Waals surface area contributed by atoms with E-state index in [1.807, 2.05) is 20.2 Å². The molecular formula is C21H23N3O5. The van der Waals surface area contributed by atoms with Crippen molar-refractivity contribution in [3.05, 3.63) is 45.4 Å². The summed E-state index contributed by atoms with van der Waals surface area (Å²) in [4.78, 5) is 26.1. The topological polar surface area (TPSA) is 117 Å². The van der Waals surface area contributed by atoms with Gasteiger partial charge < -0.3 is 29.8 Å². The second-order valence-electron chi connectivity index (χ2n) is 7.35. The molecule has 0 saturated carbocycles. The molecule has 1 aliphatic rings. The zero-order valence-corrected chi connectivity index (χ0v) is 16.3. The highest BCUT2D eigenvalue weighted by Gasteiger charge is 2.24. The molecule has 2 aromatic heterocycles. The second kappa shape index (κ2) is 7.29. The fourth-order valence-electron chi connectivity index (χ4n) is 4.16. The zero-order valence-electron chi connectivity index (χ0n) is 16.3. The summed E-state index contributed by atoms with van der Waals surface area (Å²) in [6.07, 6.45) is 1.45. The fourth-order valence-corrected chi connectivity index (χ4v) is 4.16. The van der Waals surface area contributed by atoms with Crippen molar-refractivity contribution in [3.8, 4) is 22.8 Å². The number of nitrogens with one attached hydrogen (secondary N) is 2. The molecule has 0 saturated heterocycles. The van der Waals surface area contributed by atoms with Crippen molar-refractivity contribution in [2.45, 2.75) is 32.2 Å². The zero-order chi connectivity index (χ0) is 20.7. The Hall–Kier alpha value is -3.26. The van der Waals surface area contributed by atoms with Crippen LogP contribution < -0.4 is 15.6 Å². The number of nitrogens with zero attached hydrogens (tertiary/aromatic N) is 1. The molecule has 3 aromatic rings. The highest BCUT2D eigenvalue weighted by atomic mass is 16.7. The molecule has 4 rings (SSSR count). The maximum Gasteiger partial charge on any atom is 0.511 e. The molecule has 8 nitrogen and oxygen atoms in total. The molecule has 0 amide bonds. The van der Waals surface area contributed by atoms with Crippen LogP contribution >= 0.6 is 0 Å². The molecular weight excluding hydrogens is 374 g/mol. The summed E-state index contributed by atoms with van der Waals surface area (Å²) >= 11 is 0. The highest BCUT2D eigenvalue weighted by Crippen LogP contribution is 2.39. The number of benzene rings is 1. The molecule has 1 aromatic carbocycles. The Kier molecular flexibility index (Phi) is 4.79. The minimum absolute atomic E-state index is 0.400. The van der Waals surface area contributed by atoms with E-state index in [9.17, 15) is 14.7 Å². The Morgan fingerprint density at radius 3 is 2.76 bits per heavy atom. The van der Waals surface area contributed by atoms with E-state index in [4.69, 9.17) is 5.11 Å². The molecule has 4 N–H and O–H groups in total. The van der Waals surface area contributed by atoms with Gasteiger partial charge in [0.2, 0.25) is 5.75 Å². The fraction of sp³-hybridized carbons (Fsp3) is 0.333. The first-order valence-corrected chi connectivity index (χ1v) is 9.55. The Morgan fingerprint density at radius 1 is 1.28 bits per heavy atom. The minimum atomic E-state index is -1.64. The van der Waals surface area contributed by atoms with Crippen LogP contribution in [0, 0.1) is 0 Å². The number of ether oxygens (including phenoxy) is 1. The van der Waals surface area contributed by atoms with E-state index in [1.165, 1.54) is 0 Å². The molecule has 8 heteroatoms. The van der Waals surface area contributed by atoms with Crippen LogP contribution in [-0.4, -0.2) is 33.0 Å². The van der Waals surface area contributed by atoms with Crippen LogP contribution in [0.4, 0.5) is 4.79 Å². The summed E-state index contributed by atoms with van der Waals surface area (Å²) in [5.41, 5.74) is 4.45. The standard InChI is InChI=1S/C21H23N3O5/c1-22-10-13-7-12-8-15-11(9-16(12)24(13)2)5-3-4-6-14-17(15)23-20(26)19(18(14)25)29-21(27)28/h7-9,22H,3-6,10H2,1-2H3,(H,27,28)(H2,23,25,26). The van der Waals surface area contributed by atoms with E-state index in [0.717, 1.165) is 53.5 Å². The van der Waals surface area contributed by atoms with Gasteiger partial charge in [-0.3, -0.25) is 4.79 Å². The lowest BCUT2D eigenvalue weighted by Gasteiger charge is -2.19. The number of aryl methyl sites for hydroxylation is 2. The molecule has 1 aliphatic carbocycles. The first kappa shape index (κ1) is 19.1. The van der Waals surface area contributed by atoms with Gasteiger partial charge in [0.25, 0.3) is 5.56 Å². The van der Waals surface area contributed by atoms with Crippen LogP contribution in [0.15, 0.2) is 23.0 Å². The molecule has 0 radical (unpaired) electrons. The lowest BCUT2D eigenvalue weighted by molar-refractivity contribution is 0.142. The smallest absolute Gasteiger partial charge is 0.504 e. The van der Waals surface area contributed by atoms with E-state index < -0.39 is 23.2 Å². The molecule has 0 fully saturated rings. The molecule has 29 heavy (non-hydrogen) atoms. The van der Waals surface area contributed by atoms with Gasteiger partial charge in [-0.15, -0.1) is 0 Å². The first-order chi connectivity index (χ1) is 13.9. The lowest BCUT2D eigenvalue weighted by Crippen LogP contribution is -2.18. The van der Waals surface area contributed by atoms with Gasteiger partial charge >= 0.3 is 6.16 Å². The van der Waals surface area contributed by atoms with Gasteiger partial charge in [0.1, 0.15) is 0 Å². The molecule has 0 atom stereocenters. The summed E-state index contributed by atoms with van der Waals surface area (Å²) in [5.74, 6) is -0.974. The monoisotopic (exact) mass is 397 g/mol. The Morgan fingerprint density at radius 2 is 2.03 bits per heavy atom. The maximum atomic E-state index is 12.4. The summed E-state index contributed by atoms with van der Waals surface area (Å²) < 4.78 is 6.68. The summed E-state index contributed by atoms with van der Waals surface area (Å²) in [7, 11) is 3.93. The molecule has 152 valence electrons. The van der Waals surface area contributed by atoms with E-state index in [1.54, 1.807) is 0 Å². The van der Waals surface area contributed by atoms with Gasteiger partial charge in [-0.1, -0.05) is 0 Å². The van der Waals surface area contributed by atoms with Crippen LogP contribution in [0.1, 0.15) is 29.7 Å². The third-order valence-corrected chi connectivity index (χ3v) is 5.55. The van der Waals surface area contributed by atoms with Crippen molar-refractivity contribution in [3.63, 3.8) is 0 Å². The number of aromatic amines is 1. The number of hydrogen-bond donors (Lipinski definition) is 4. The van der Waals surface area contributed by atoms with Crippen molar-refractivity contribution in [2.75, 3.05) is 7.05 Å². The van der Waals surface area contributed by atoms with Crippen molar-refractivity contribution in [2.24, 2.45) is 7.05 Å². The van der Waals surface area contributed by atoms with Gasteiger partial charge in [-0.05, 0) is 56.5 Å². The normalized spacial score (nSPS) is 13.4. The van der Waals surface area contributed by atoms with E-state index >= 15 is 0 Å². The number of carboxylic acid groups (broad SMARTS) is 1. The number of fused-ring (bicyclic) bond motifs is 4. The largest absolute Gasteiger partial charge is 0.511 e. The van der Waals surface area contributed by atoms with E-state index in [0.29, 0.717) is 17.7 Å². The van der Waals surface area contributed by atoms with Gasteiger partial charge in [-0.2, -0.15) is 0 Å². The van der Waals surface area contributed by atoms with Crippen LogP contribution in [0.3, 0.4) is 0 Å². The third-order valence-electron chi connectivity index (χ3n) is 5.55. The van der Waals surface area contributed by atoms with Crippen molar-refractivity contribution in [1.82, 2.24) is 14.9 Å². The number of pyridine rings is 1. The van der Waals surface area contributed by atoms with Crippen molar-refractivity contribution >= 4 is 17.1 Å². The first-order valence-electron chi connectivity index (χ1n) is 9.55. The number of rotatable bonds is 3. The Balaban J connectivity index is 1.97. The Labute approximate surface area is 166 Å². The third kappa shape index (κ3) is 3.25. The molecule has 0 unspecified atom stereocenters.